The Morgan fingerprint density at radius 2 is 1.86 bits per heavy atom. The number of halogens is 1. The Morgan fingerprint density at radius 1 is 1.18 bits per heavy atom. The second-order valence-corrected chi connectivity index (χ2v) is 5.88. The second kappa shape index (κ2) is 7.16. The molecule has 116 valence electrons. The van der Waals surface area contributed by atoms with Crippen molar-refractivity contribution < 1.29 is 9.18 Å². The summed E-state index contributed by atoms with van der Waals surface area (Å²) >= 11 is 0. The van der Waals surface area contributed by atoms with Crippen LogP contribution >= 0.6 is 0 Å². The molecule has 0 saturated carbocycles. The first-order valence-electron chi connectivity index (χ1n) is 7.38. The van der Waals surface area contributed by atoms with Crippen molar-refractivity contribution in [1.82, 2.24) is 10.3 Å². The predicted octanol–water partition coefficient (Wildman–Crippen LogP) is 3.40. The van der Waals surface area contributed by atoms with Crippen LogP contribution in [-0.4, -0.2) is 17.1 Å². The van der Waals surface area contributed by atoms with Crippen LogP contribution < -0.4 is 5.32 Å². The molecule has 2 aromatic rings. The highest BCUT2D eigenvalue weighted by Crippen LogP contribution is 2.18. The molecular weight excluding hydrogens is 279 g/mol. The summed E-state index contributed by atoms with van der Waals surface area (Å²) in [6.07, 6.45) is 0.585. The van der Waals surface area contributed by atoms with Crippen LogP contribution in [0.4, 0.5) is 4.39 Å². The molecule has 0 fully saturated rings. The van der Waals surface area contributed by atoms with E-state index in [1.807, 2.05) is 62.4 Å². The van der Waals surface area contributed by atoms with Gasteiger partial charge in [-0.05, 0) is 31.5 Å². The van der Waals surface area contributed by atoms with Gasteiger partial charge in [0.1, 0.15) is 6.17 Å². The van der Waals surface area contributed by atoms with Gasteiger partial charge in [-0.2, -0.15) is 0 Å². The number of amides is 1. The molecule has 0 spiro atoms. The molecule has 1 atom stereocenters. The molecule has 1 heterocycles. The molecule has 1 amide bonds. The SMILES string of the molecule is CC(C)(NC(=O)C[C@@H](F)Cc1ccccc1)c1ccccn1. The van der Waals surface area contributed by atoms with Gasteiger partial charge in [-0.25, -0.2) is 4.39 Å². The van der Waals surface area contributed by atoms with Crippen molar-refractivity contribution in [3.63, 3.8) is 0 Å². The Labute approximate surface area is 130 Å². The Hall–Kier alpha value is -2.23. The lowest BCUT2D eigenvalue weighted by atomic mass is 9.99. The van der Waals surface area contributed by atoms with Crippen LogP contribution in [0.2, 0.25) is 0 Å². The first-order chi connectivity index (χ1) is 10.5. The Bertz CT molecular complexity index is 599. The van der Waals surface area contributed by atoms with E-state index >= 15 is 0 Å². The van der Waals surface area contributed by atoms with Crippen LogP contribution in [0.25, 0.3) is 0 Å². The first-order valence-corrected chi connectivity index (χ1v) is 7.38. The van der Waals surface area contributed by atoms with E-state index in [0.717, 1.165) is 11.3 Å². The molecule has 0 unspecified atom stereocenters. The van der Waals surface area contributed by atoms with Gasteiger partial charge >= 0.3 is 0 Å². The van der Waals surface area contributed by atoms with Crippen molar-refractivity contribution in [3.8, 4) is 0 Å². The molecule has 0 bridgehead atoms. The fourth-order valence-corrected chi connectivity index (χ4v) is 2.34. The van der Waals surface area contributed by atoms with Gasteiger partial charge in [-0.15, -0.1) is 0 Å². The third-order valence-corrected chi connectivity index (χ3v) is 3.46. The fraction of sp³-hybridized carbons (Fsp3) is 0.333. The third kappa shape index (κ3) is 4.65. The Balaban J connectivity index is 1.89. The van der Waals surface area contributed by atoms with Crippen molar-refractivity contribution >= 4 is 5.91 Å². The maximum atomic E-state index is 14.0. The summed E-state index contributed by atoms with van der Waals surface area (Å²) in [7, 11) is 0. The minimum Gasteiger partial charge on any atom is -0.345 e. The zero-order valence-corrected chi connectivity index (χ0v) is 12.9. The maximum absolute atomic E-state index is 14.0. The van der Waals surface area contributed by atoms with E-state index in [1.165, 1.54) is 0 Å². The summed E-state index contributed by atoms with van der Waals surface area (Å²) in [5.41, 5.74) is 1.03. The molecule has 1 N–H and O–H groups in total. The van der Waals surface area contributed by atoms with Crippen molar-refractivity contribution in [2.45, 2.75) is 38.4 Å². The number of carbonyl (C=O) groups is 1. The van der Waals surface area contributed by atoms with E-state index in [2.05, 4.69) is 10.3 Å². The van der Waals surface area contributed by atoms with Crippen LogP contribution in [0.3, 0.4) is 0 Å². The Kier molecular flexibility index (Phi) is 5.26. The summed E-state index contributed by atoms with van der Waals surface area (Å²) in [4.78, 5) is 16.3. The van der Waals surface area contributed by atoms with E-state index in [0.29, 0.717) is 0 Å². The molecule has 0 aliphatic heterocycles. The number of alkyl halides is 1. The first kappa shape index (κ1) is 16.1. The van der Waals surface area contributed by atoms with E-state index in [1.54, 1.807) is 6.20 Å². The average Bonchev–Trinajstić information content (AvgIpc) is 2.48. The molecule has 2 rings (SSSR count). The van der Waals surface area contributed by atoms with Gasteiger partial charge in [0.05, 0.1) is 17.7 Å². The lowest BCUT2D eigenvalue weighted by Gasteiger charge is -2.26. The van der Waals surface area contributed by atoms with Gasteiger partial charge in [-0.1, -0.05) is 36.4 Å². The molecule has 1 aromatic heterocycles. The van der Waals surface area contributed by atoms with E-state index in [-0.39, 0.29) is 18.7 Å². The largest absolute Gasteiger partial charge is 0.345 e. The number of aromatic nitrogens is 1. The van der Waals surface area contributed by atoms with Crippen molar-refractivity contribution in [3.05, 3.63) is 66.0 Å². The molecule has 0 aliphatic carbocycles. The zero-order chi connectivity index (χ0) is 16.0. The molecule has 0 saturated heterocycles. The quantitative estimate of drug-likeness (QED) is 0.888. The van der Waals surface area contributed by atoms with Gasteiger partial charge in [0.15, 0.2) is 0 Å². The third-order valence-electron chi connectivity index (χ3n) is 3.46. The highest BCUT2D eigenvalue weighted by atomic mass is 19.1. The molecule has 0 radical (unpaired) electrons. The number of rotatable bonds is 6. The summed E-state index contributed by atoms with van der Waals surface area (Å²) in [6.45, 7) is 3.72. The number of pyridine rings is 1. The predicted molar refractivity (Wildman–Crippen MR) is 85.1 cm³/mol. The summed E-state index contributed by atoms with van der Waals surface area (Å²) in [5.74, 6) is -0.306. The normalized spacial score (nSPS) is 12.7. The summed E-state index contributed by atoms with van der Waals surface area (Å²) < 4.78 is 14.0. The lowest BCUT2D eigenvalue weighted by molar-refractivity contribution is -0.123. The number of carbonyl (C=O) groups excluding carboxylic acids is 1. The minimum absolute atomic E-state index is 0.148. The summed E-state index contributed by atoms with van der Waals surface area (Å²) in [5, 5.41) is 2.85. The average molecular weight is 300 g/mol. The molecule has 22 heavy (non-hydrogen) atoms. The van der Waals surface area contributed by atoms with E-state index in [9.17, 15) is 9.18 Å². The highest BCUT2D eigenvalue weighted by Gasteiger charge is 2.25. The van der Waals surface area contributed by atoms with Crippen LogP contribution in [-0.2, 0) is 16.8 Å². The highest BCUT2D eigenvalue weighted by molar-refractivity contribution is 5.77. The molecule has 3 nitrogen and oxygen atoms in total. The number of benzene rings is 1. The molecule has 4 heteroatoms. The minimum atomic E-state index is -1.19. The van der Waals surface area contributed by atoms with Crippen LogP contribution in [0.5, 0.6) is 0 Å². The van der Waals surface area contributed by atoms with Crippen molar-refractivity contribution in [2.24, 2.45) is 0 Å². The summed E-state index contributed by atoms with van der Waals surface area (Å²) in [6, 6.07) is 14.9. The van der Waals surface area contributed by atoms with Gasteiger partial charge in [0.25, 0.3) is 0 Å². The van der Waals surface area contributed by atoms with Gasteiger partial charge in [0.2, 0.25) is 5.91 Å². The van der Waals surface area contributed by atoms with Crippen LogP contribution in [0, 0.1) is 0 Å². The number of nitrogens with zero attached hydrogens (tertiary/aromatic N) is 1. The van der Waals surface area contributed by atoms with Crippen molar-refractivity contribution in [2.75, 3.05) is 0 Å². The van der Waals surface area contributed by atoms with Gasteiger partial charge < -0.3 is 5.32 Å². The zero-order valence-electron chi connectivity index (χ0n) is 12.9. The fourth-order valence-electron chi connectivity index (χ4n) is 2.34. The Morgan fingerprint density at radius 3 is 2.50 bits per heavy atom. The van der Waals surface area contributed by atoms with Crippen LogP contribution in [0.1, 0.15) is 31.5 Å². The number of hydrogen-bond donors (Lipinski definition) is 1. The molecule has 0 aliphatic rings. The van der Waals surface area contributed by atoms with E-state index < -0.39 is 11.7 Å². The van der Waals surface area contributed by atoms with Gasteiger partial charge in [-0.3, -0.25) is 9.78 Å². The van der Waals surface area contributed by atoms with E-state index in [4.69, 9.17) is 0 Å². The monoisotopic (exact) mass is 300 g/mol. The lowest BCUT2D eigenvalue weighted by Crippen LogP contribution is -2.42. The smallest absolute Gasteiger partial charge is 0.223 e. The topological polar surface area (TPSA) is 42.0 Å². The second-order valence-electron chi connectivity index (χ2n) is 5.88. The number of hydrogen-bond acceptors (Lipinski definition) is 2. The van der Waals surface area contributed by atoms with Crippen molar-refractivity contribution in [1.29, 1.82) is 0 Å². The number of nitrogens with one attached hydrogen (secondary N) is 1. The maximum Gasteiger partial charge on any atom is 0.223 e. The molecular formula is C18H21FN2O. The standard InChI is InChI=1S/C18H21FN2O/c1-18(2,16-10-6-7-11-20-16)21-17(22)13-15(19)12-14-8-4-3-5-9-14/h3-11,15H,12-13H2,1-2H3,(H,21,22)/t15-/m0/s1. The van der Waals surface area contributed by atoms with Crippen LogP contribution in [0.15, 0.2) is 54.7 Å². The van der Waals surface area contributed by atoms with Gasteiger partial charge in [0, 0.05) is 12.6 Å². The molecule has 1 aromatic carbocycles.